The van der Waals surface area contributed by atoms with Gasteiger partial charge >= 0.3 is 0 Å². The first-order valence-corrected chi connectivity index (χ1v) is 4.91. The first-order chi connectivity index (χ1) is 6.25. The molecule has 0 unspecified atom stereocenters. The maximum absolute atomic E-state index is 9.14. The van der Waals surface area contributed by atoms with Crippen LogP contribution < -0.4 is 10.1 Å². The quantitative estimate of drug-likeness (QED) is 0.828. The van der Waals surface area contributed by atoms with E-state index < -0.39 is 0 Å². The van der Waals surface area contributed by atoms with Crippen molar-refractivity contribution in [1.29, 1.82) is 0 Å². The highest BCUT2D eigenvalue weighted by Gasteiger charge is 2.19. The van der Waals surface area contributed by atoms with Gasteiger partial charge in [-0.15, -0.1) is 0 Å². The monoisotopic (exact) mass is 243 g/mol. The number of hydrogen-bond donors (Lipinski definition) is 2. The number of hydrogen-bond acceptors (Lipinski definition) is 3. The average Bonchev–Trinajstić information content (AvgIpc) is 1.99. The Labute approximate surface area is 84.8 Å². The predicted molar refractivity (Wildman–Crippen MR) is 53.1 cm³/mol. The van der Waals surface area contributed by atoms with Crippen molar-refractivity contribution < 1.29 is 9.84 Å². The number of nitrogens with one attached hydrogen (secondary N) is 1. The van der Waals surface area contributed by atoms with Gasteiger partial charge in [0.1, 0.15) is 17.6 Å². The van der Waals surface area contributed by atoms with Crippen LogP contribution in [0.5, 0.6) is 11.5 Å². The summed E-state index contributed by atoms with van der Waals surface area (Å²) in [5, 5.41) is 12.3. The van der Waals surface area contributed by atoms with E-state index in [1.54, 1.807) is 18.2 Å². The summed E-state index contributed by atoms with van der Waals surface area (Å²) in [6, 6.07) is 5.01. The molecular weight excluding hydrogens is 234 g/mol. The molecule has 0 bridgehead atoms. The molecule has 1 aliphatic rings. The lowest BCUT2D eigenvalue weighted by atomic mass is 10.2. The van der Waals surface area contributed by atoms with E-state index in [-0.39, 0.29) is 11.9 Å². The molecule has 0 atom stereocenters. The van der Waals surface area contributed by atoms with Gasteiger partial charge in [-0.1, -0.05) is 0 Å². The van der Waals surface area contributed by atoms with Crippen molar-refractivity contribution in [3.8, 4) is 11.5 Å². The van der Waals surface area contributed by atoms with Crippen LogP contribution in [0.4, 0.5) is 0 Å². The third-order valence-electron chi connectivity index (χ3n) is 1.95. The molecule has 3 nitrogen and oxygen atoms in total. The number of rotatable bonds is 2. The summed E-state index contributed by atoms with van der Waals surface area (Å²) in [5.74, 6) is 1.02. The number of halogens is 1. The van der Waals surface area contributed by atoms with Crippen LogP contribution in [0.1, 0.15) is 0 Å². The van der Waals surface area contributed by atoms with Gasteiger partial charge in [0.15, 0.2) is 0 Å². The zero-order valence-corrected chi connectivity index (χ0v) is 8.54. The summed E-state index contributed by atoms with van der Waals surface area (Å²) < 4.78 is 6.41. The SMILES string of the molecule is Oc1ccc(OC2CNC2)c(Br)c1. The summed E-state index contributed by atoms with van der Waals surface area (Å²) in [5.41, 5.74) is 0. The van der Waals surface area contributed by atoms with Crippen LogP contribution in [0.2, 0.25) is 0 Å². The van der Waals surface area contributed by atoms with Crippen LogP contribution >= 0.6 is 15.9 Å². The largest absolute Gasteiger partial charge is 0.508 e. The minimum Gasteiger partial charge on any atom is -0.508 e. The van der Waals surface area contributed by atoms with E-state index in [0.717, 1.165) is 23.3 Å². The molecule has 1 aromatic carbocycles. The molecule has 4 heteroatoms. The van der Waals surface area contributed by atoms with Gasteiger partial charge in [-0.2, -0.15) is 0 Å². The zero-order valence-electron chi connectivity index (χ0n) is 6.96. The molecule has 0 aliphatic carbocycles. The highest BCUT2D eigenvalue weighted by molar-refractivity contribution is 9.10. The number of phenolic OH excluding ortho intramolecular Hbond substituents is 1. The smallest absolute Gasteiger partial charge is 0.134 e. The Morgan fingerprint density at radius 2 is 2.23 bits per heavy atom. The van der Waals surface area contributed by atoms with Crippen LogP contribution in [0.25, 0.3) is 0 Å². The summed E-state index contributed by atoms with van der Waals surface area (Å²) in [7, 11) is 0. The minimum atomic E-state index is 0.242. The van der Waals surface area contributed by atoms with Gasteiger partial charge in [-0.3, -0.25) is 0 Å². The molecule has 1 saturated heterocycles. The summed E-state index contributed by atoms with van der Waals surface area (Å²) >= 11 is 3.32. The van der Waals surface area contributed by atoms with Gasteiger partial charge in [0, 0.05) is 13.1 Å². The maximum atomic E-state index is 9.14. The molecular formula is C9H10BrNO2. The molecule has 2 rings (SSSR count). The molecule has 1 aliphatic heterocycles. The van der Waals surface area contributed by atoms with E-state index in [4.69, 9.17) is 9.84 Å². The van der Waals surface area contributed by atoms with Gasteiger partial charge in [0.05, 0.1) is 4.47 Å². The van der Waals surface area contributed by atoms with Gasteiger partial charge in [-0.05, 0) is 34.1 Å². The lowest BCUT2D eigenvalue weighted by molar-refractivity contribution is 0.141. The Kier molecular flexibility index (Phi) is 2.42. The molecule has 0 spiro atoms. The van der Waals surface area contributed by atoms with Crippen LogP contribution in [-0.2, 0) is 0 Å². The van der Waals surface area contributed by atoms with Crippen LogP contribution in [0.15, 0.2) is 22.7 Å². The highest BCUT2D eigenvalue weighted by Crippen LogP contribution is 2.29. The fourth-order valence-electron chi connectivity index (χ4n) is 1.11. The third-order valence-corrected chi connectivity index (χ3v) is 2.57. The lowest BCUT2D eigenvalue weighted by Gasteiger charge is -2.28. The van der Waals surface area contributed by atoms with Crippen molar-refractivity contribution in [2.24, 2.45) is 0 Å². The van der Waals surface area contributed by atoms with Crippen molar-refractivity contribution in [3.05, 3.63) is 22.7 Å². The van der Waals surface area contributed by atoms with E-state index in [9.17, 15) is 0 Å². The topological polar surface area (TPSA) is 41.5 Å². The van der Waals surface area contributed by atoms with Crippen molar-refractivity contribution in [1.82, 2.24) is 5.32 Å². The first kappa shape index (κ1) is 8.84. The molecule has 0 saturated carbocycles. The van der Waals surface area contributed by atoms with Crippen molar-refractivity contribution in [3.63, 3.8) is 0 Å². The Morgan fingerprint density at radius 1 is 1.46 bits per heavy atom. The maximum Gasteiger partial charge on any atom is 0.134 e. The first-order valence-electron chi connectivity index (χ1n) is 4.11. The van der Waals surface area contributed by atoms with Crippen LogP contribution in [-0.4, -0.2) is 24.3 Å². The van der Waals surface area contributed by atoms with Gasteiger partial charge in [0.2, 0.25) is 0 Å². The standard InChI is InChI=1S/C9H10BrNO2/c10-8-3-6(12)1-2-9(8)13-7-4-11-5-7/h1-3,7,11-12H,4-5H2. The molecule has 70 valence electrons. The van der Waals surface area contributed by atoms with E-state index in [1.807, 2.05) is 0 Å². The van der Waals surface area contributed by atoms with Crippen molar-refractivity contribution in [2.45, 2.75) is 6.10 Å². The van der Waals surface area contributed by atoms with E-state index in [2.05, 4.69) is 21.2 Å². The predicted octanol–water partition coefficient (Wildman–Crippen LogP) is 1.51. The Morgan fingerprint density at radius 3 is 2.77 bits per heavy atom. The molecule has 0 aromatic heterocycles. The Hall–Kier alpha value is -0.740. The fraction of sp³-hybridized carbons (Fsp3) is 0.333. The summed E-state index contributed by atoms with van der Waals surface area (Å²) in [4.78, 5) is 0. The molecule has 2 N–H and O–H groups in total. The number of phenols is 1. The zero-order chi connectivity index (χ0) is 9.26. The average molecular weight is 244 g/mol. The van der Waals surface area contributed by atoms with E-state index >= 15 is 0 Å². The van der Waals surface area contributed by atoms with E-state index in [0.29, 0.717) is 0 Å². The molecule has 13 heavy (non-hydrogen) atoms. The van der Waals surface area contributed by atoms with Gasteiger partial charge in [0.25, 0.3) is 0 Å². The number of aromatic hydroxyl groups is 1. The Bertz CT molecular complexity index is 312. The summed E-state index contributed by atoms with van der Waals surface area (Å²) in [6.45, 7) is 1.79. The van der Waals surface area contributed by atoms with Gasteiger partial charge in [-0.25, -0.2) is 0 Å². The van der Waals surface area contributed by atoms with Gasteiger partial charge < -0.3 is 15.2 Å². The lowest BCUT2D eigenvalue weighted by Crippen LogP contribution is -2.50. The summed E-state index contributed by atoms with van der Waals surface area (Å²) in [6.07, 6.45) is 0.265. The second kappa shape index (κ2) is 3.55. The van der Waals surface area contributed by atoms with Crippen LogP contribution in [0, 0.1) is 0 Å². The molecule has 0 amide bonds. The molecule has 1 fully saturated rings. The molecule has 1 aromatic rings. The van der Waals surface area contributed by atoms with E-state index in [1.165, 1.54) is 0 Å². The second-order valence-electron chi connectivity index (χ2n) is 3.01. The highest BCUT2D eigenvalue weighted by atomic mass is 79.9. The Balaban J connectivity index is 2.10. The minimum absolute atomic E-state index is 0.242. The fourth-order valence-corrected chi connectivity index (χ4v) is 1.57. The molecule has 1 heterocycles. The van der Waals surface area contributed by atoms with Crippen molar-refractivity contribution >= 4 is 15.9 Å². The van der Waals surface area contributed by atoms with Crippen LogP contribution in [0.3, 0.4) is 0 Å². The molecule has 0 radical (unpaired) electrons. The second-order valence-corrected chi connectivity index (χ2v) is 3.87. The number of ether oxygens (including phenoxy) is 1. The van der Waals surface area contributed by atoms with Crippen molar-refractivity contribution in [2.75, 3.05) is 13.1 Å². The number of benzene rings is 1. The normalized spacial score (nSPS) is 16.7. The third kappa shape index (κ3) is 1.95.